The maximum Gasteiger partial charge on any atom is 0.337 e. The molecule has 0 aliphatic carbocycles. The van der Waals surface area contributed by atoms with Crippen molar-refractivity contribution in [3.8, 4) is 11.5 Å². The van der Waals surface area contributed by atoms with Gasteiger partial charge in [-0.25, -0.2) is 18.6 Å². The summed E-state index contributed by atoms with van der Waals surface area (Å²) in [7, 11) is 4.32. The molecule has 0 aromatic heterocycles. The van der Waals surface area contributed by atoms with E-state index >= 15 is 4.39 Å². The van der Waals surface area contributed by atoms with E-state index in [1.165, 1.54) is 32.3 Å². The normalized spacial score (nSPS) is 15.0. The van der Waals surface area contributed by atoms with Crippen LogP contribution in [0.15, 0.2) is 59.7 Å². The SMILES string of the molecule is CNC(=O)N1N=C(c2ccc(Nc3ccccc3F)cc2)c2cc(OC)c(OC)c(F)c2CC1C. The van der Waals surface area contributed by atoms with Gasteiger partial charge >= 0.3 is 6.03 Å². The van der Waals surface area contributed by atoms with E-state index in [-0.39, 0.29) is 23.7 Å². The fraction of sp³-hybridized carbons (Fsp3) is 0.231. The molecule has 1 aliphatic heterocycles. The second-order valence-electron chi connectivity index (χ2n) is 8.04. The van der Waals surface area contributed by atoms with Crippen LogP contribution in [0.3, 0.4) is 0 Å². The Morgan fingerprint density at radius 2 is 1.80 bits per heavy atom. The molecule has 0 spiro atoms. The summed E-state index contributed by atoms with van der Waals surface area (Å²) in [6.45, 7) is 1.79. The van der Waals surface area contributed by atoms with Gasteiger partial charge in [-0.05, 0) is 43.7 Å². The number of para-hydroxylation sites is 1. The average molecular weight is 481 g/mol. The van der Waals surface area contributed by atoms with Crippen molar-refractivity contribution in [2.45, 2.75) is 19.4 Å². The lowest BCUT2D eigenvalue weighted by Gasteiger charge is -2.22. The van der Waals surface area contributed by atoms with Gasteiger partial charge in [-0.15, -0.1) is 0 Å². The lowest BCUT2D eigenvalue weighted by atomic mass is 9.93. The molecule has 0 saturated heterocycles. The van der Waals surface area contributed by atoms with E-state index in [0.717, 1.165) is 0 Å². The Bertz CT molecular complexity index is 1280. The lowest BCUT2D eigenvalue weighted by molar-refractivity contribution is 0.184. The van der Waals surface area contributed by atoms with Gasteiger partial charge in [0, 0.05) is 29.4 Å². The van der Waals surface area contributed by atoms with Crippen LogP contribution in [0.1, 0.15) is 23.6 Å². The molecule has 0 fully saturated rings. The first-order valence-electron chi connectivity index (χ1n) is 11.0. The third-order valence-corrected chi connectivity index (χ3v) is 5.83. The number of anilines is 2. The minimum Gasteiger partial charge on any atom is -0.493 e. The fourth-order valence-corrected chi connectivity index (χ4v) is 4.04. The lowest BCUT2D eigenvalue weighted by Crippen LogP contribution is -2.41. The number of ether oxygens (including phenoxy) is 2. The van der Waals surface area contributed by atoms with E-state index in [1.807, 2.05) is 0 Å². The van der Waals surface area contributed by atoms with E-state index in [2.05, 4.69) is 15.7 Å². The van der Waals surface area contributed by atoms with Crippen LogP contribution in [0.2, 0.25) is 0 Å². The van der Waals surface area contributed by atoms with Gasteiger partial charge in [-0.2, -0.15) is 5.10 Å². The molecule has 4 rings (SSSR count). The number of nitrogens with zero attached hydrogens (tertiary/aromatic N) is 2. The zero-order valence-corrected chi connectivity index (χ0v) is 19.9. The topological polar surface area (TPSA) is 75.2 Å². The van der Waals surface area contributed by atoms with Crippen molar-refractivity contribution >= 4 is 23.1 Å². The second kappa shape index (κ2) is 10.0. The smallest absolute Gasteiger partial charge is 0.337 e. The Morgan fingerprint density at radius 3 is 2.43 bits per heavy atom. The highest BCUT2D eigenvalue weighted by Crippen LogP contribution is 2.38. The van der Waals surface area contributed by atoms with Crippen LogP contribution >= 0.6 is 0 Å². The summed E-state index contributed by atoms with van der Waals surface area (Å²) in [6, 6.07) is 14.3. The molecule has 1 aliphatic rings. The molecule has 3 aromatic carbocycles. The zero-order valence-electron chi connectivity index (χ0n) is 19.9. The molecule has 1 heterocycles. The first kappa shape index (κ1) is 24.0. The number of amides is 2. The number of halogens is 2. The van der Waals surface area contributed by atoms with Crippen molar-refractivity contribution in [2.75, 3.05) is 26.6 Å². The summed E-state index contributed by atoms with van der Waals surface area (Å²) in [4.78, 5) is 12.6. The monoisotopic (exact) mass is 480 g/mol. The van der Waals surface area contributed by atoms with Crippen molar-refractivity contribution in [3.05, 3.63) is 82.9 Å². The second-order valence-corrected chi connectivity index (χ2v) is 8.04. The Hall–Kier alpha value is -4.14. The molecule has 35 heavy (non-hydrogen) atoms. The molecular formula is C26H26F2N4O3. The predicted molar refractivity (Wildman–Crippen MR) is 131 cm³/mol. The minimum absolute atomic E-state index is 0.00405. The van der Waals surface area contributed by atoms with Crippen LogP contribution in [0.4, 0.5) is 25.0 Å². The molecular weight excluding hydrogens is 454 g/mol. The van der Waals surface area contributed by atoms with Gasteiger partial charge in [-0.3, -0.25) is 0 Å². The molecule has 9 heteroatoms. The summed E-state index contributed by atoms with van der Waals surface area (Å²) in [5, 5.41) is 11.6. The predicted octanol–water partition coefficient (Wildman–Crippen LogP) is 5.06. The highest BCUT2D eigenvalue weighted by atomic mass is 19.1. The van der Waals surface area contributed by atoms with Gasteiger partial charge in [0.25, 0.3) is 0 Å². The number of urea groups is 1. The first-order chi connectivity index (χ1) is 16.9. The summed E-state index contributed by atoms with van der Waals surface area (Å²) in [5.74, 6) is -0.714. The Morgan fingerprint density at radius 1 is 1.09 bits per heavy atom. The molecule has 1 atom stereocenters. The summed E-state index contributed by atoms with van der Waals surface area (Å²) in [6.07, 6.45) is 0.217. The van der Waals surface area contributed by atoms with Crippen LogP contribution in [-0.4, -0.2) is 44.1 Å². The number of nitrogens with one attached hydrogen (secondary N) is 2. The van der Waals surface area contributed by atoms with Gasteiger partial charge in [0.2, 0.25) is 0 Å². The fourth-order valence-electron chi connectivity index (χ4n) is 4.04. The van der Waals surface area contributed by atoms with Crippen molar-refractivity contribution in [2.24, 2.45) is 5.10 Å². The quantitative estimate of drug-likeness (QED) is 0.535. The highest BCUT2D eigenvalue weighted by Gasteiger charge is 2.31. The van der Waals surface area contributed by atoms with Crippen LogP contribution in [0.5, 0.6) is 11.5 Å². The van der Waals surface area contributed by atoms with Gasteiger partial charge in [-0.1, -0.05) is 24.3 Å². The minimum atomic E-state index is -0.557. The van der Waals surface area contributed by atoms with Crippen molar-refractivity contribution in [1.82, 2.24) is 10.3 Å². The third-order valence-electron chi connectivity index (χ3n) is 5.83. The molecule has 2 amide bonds. The average Bonchev–Trinajstić information content (AvgIpc) is 3.01. The number of carbonyl (C=O) groups excluding carboxylic acids is 1. The number of fused-ring (bicyclic) bond motifs is 1. The van der Waals surface area contributed by atoms with Crippen LogP contribution in [-0.2, 0) is 6.42 Å². The molecule has 0 saturated carbocycles. The molecule has 1 unspecified atom stereocenters. The highest BCUT2D eigenvalue weighted by molar-refractivity contribution is 6.14. The maximum absolute atomic E-state index is 15.6. The number of hydrogen-bond donors (Lipinski definition) is 2. The van der Waals surface area contributed by atoms with Crippen molar-refractivity contribution in [3.63, 3.8) is 0 Å². The Labute approximate surface area is 202 Å². The van der Waals surface area contributed by atoms with Gasteiger partial charge in [0.15, 0.2) is 17.3 Å². The number of benzene rings is 3. The number of carbonyl (C=O) groups is 1. The Balaban J connectivity index is 1.82. The van der Waals surface area contributed by atoms with Gasteiger partial charge in [0.05, 0.1) is 31.7 Å². The van der Waals surface area contributed by atoms with Gasteiger partial charge < -0.3 is 20.1 Å². The number of hydrogen-bond acceptors (Lipinski definition) is 5. The van der Waals surface area contributed by atoms with Crippen LogP contribution in [0.25, 0.3) is 0 Å². The van der Waals surface area contributed by atoms with E-state index in [0.29, 0.717) is 33.8 Å². The molecule has 7 nitrogen and oxygen atoms in total. The summed E-state index contributed by atoms with van der Waals surface area (Å²) < 4.78 is 40.2. The van der Waals surface area contributed by atoms with Crippen LogP contribution in [0, 0.1) is 11.6 Å². The van der Waals surface area contributed by atoms with E-state index in [4.69, 9.17) is 9.47 Å². The molecule has 0 radical (unpaired) electrons. The zero-order chi connectivity index (χ0) is 25.1. The summed E-state index contributed by atoms with van der Waals surface area (Å²) in [5.41, 5.74) is 2.89. The van der Waals surface area contributed by atoms with E-state index < -0.39 is 17.9 Å². The molecule has 3 aromatic rings. The van der Waals surface area contributed by atoms with Crippen molar-refractivity contribution < 1.29 is 23.0 Å². The maximum atomic E-state index is 15.6. The molecule has 182 valence electrons. The molecule has 0 bridgehead atoms. The largest absolute Gasteiger partial charge is 0.493 e. The first-order valence-corrected chi connectivity index (χ1v) is 11.0. The number of hydrazone groups is 1. The van der Waals surface area contributed by atoms with Crippen LogP contribution < -0.4 is 20.1 Å². The molecule has 2 N–H and O–H groups in total. The third kappa shape index (κ3) is 4.62. The standard InChI is InChI=1S/C26H26F2N4O3/c1-15-13-18-19(14-22(34-3)25(35-4)23(18)28)24(31-32(15)26(33)29-2)16-9-11-17(12-10-16)30-21-8-6-5-7-20(21)27/h5-12,14-15,30H,13H2,1-4H3,(H,29,33). The van der Waals surface area contributed by atoms with E-state index in [9.17, 15) is 9.18 Å². The van der Waals surface area contributed by atoms with Crippen molar-refractivity contribution in [1.29, 1.82) is 0 Å². The van der Waals surface area contributed by atoms with Gasteiger partial charge in [0.1, 0.15) is 5.82 Å². The Kier molecular flexibility index (Phi) is 6.86. The number of methoxy groups -OCH3 is 2. The number of rotatable bonds is 5. The van der Waals surface area contributed by atoms with E-state index in [1.54, 1.807) is 55.5 Å². The summed E-state index contributed by atoms with van der Waals surface area (Å²) >= 11 is 0.